The van der Waals surface area contributed by atoms with Crippen LogP contribution in [0.5, 0.6) is 0 Å². The van der Waals surface area contributed by atoms with Crippen molar-refractivity contribution in [1.82, 2.24) is 20.3 Å². The summed E-state index contributed by atoms with van der Waals surface area (Å²) >= 11 is 0.962. The van der Waals surface area contributed by atoms with Crippen molar-refractivity contribution in [3.63, 3.8) is 0 Å². The molecule has 136 valence electrons. The van der Waals surface area contributed by atoms with E-state index < -0.39 is 5.97 Å². The number of aromatic nitrogens is 4. The molecule has 0 aliphatic heterocycles. The van der Waals surface area contributed by atoms with Gasteiger partial charge in [0.1, 0.15) is 5.76 Å². The number of hydrogen-bond donors (Lipinski definition) is 3. The number of nitrogens with zero attached hydrogens (tertiary/aromatic N) is 4. The minimum atomic E-state index is -0.980. The standard InChI is InChI=1S/C15H14N5O5S/c1-7-13(8(2)25-19-7)9-3-10(5-11(4-9)20(23)24)14-16-15(18-17-14)26-6-12(21)22/h3-5,23H,6H2,1-2H3,(H,21,22)(H,16,17,18)/q-1. The van der Waals surface area contributed by atoms with Crippen LogP contribution in [0.25, 0.3) is 22.5 Å². The highest BCUT2D eigenvalue weighted by atomic mass is 32.2. The van der Waals surface area contributed by atoms with E-state index in [4.69, 9.17) is 9.63 Å². The van der Waals surface area contributed by atoms with E-state index >= 15 is 0 Å². The highest BCUT2D eigenvalue weighted by Crippen LogP contribution is 2.34. The van der Waals surface area contributed by atoms with Crippen molar-refractivity contribution < 1.29 is 19.6 Å². The maximum atomic E-state index is 11.4. The molecule has 0 fully saturated rings. The number of nitrogens with one attached hydrogen (secondary N) is 1. The predicted molar refractivity (Wildman–Crippen MR) is 92.8 cm³/mol. The summed E-state index contributed by atoms with van der Waals surface area (Å²) in [5.74, 6) is -0.260. The lowest BCUT2D eigenvalue weighted by Gasteiger charge is -2.23. The van der Waals surface area contributed by atoms with Gasteiger partial charge in [0.25, 0.3) is 0 Å². The number of aromatic amines is 1. The topological polar surface area (TPSA) is 151 Å². The first-order valence-electron chi connectivity index (χ1n) is 7.37. The lowest BCUT2D eigenvalue weighted by Crippen LogP contribution is -2.07. The van der Waals surface area contributed by atoms with Gasteiger partial charge in [-0.15, -0.1) is 5.10 Å². The SMILES string of the molecule is Cc1noc(C)c1-c1cc(-c2nc(SCC(=O)O)n[nH]2)cc(N([O-])O)c1. The van der Waals surface area contributed by atoms with Crippen molar-refractivity contribution in [2.45, 2.75) is 19.0 Å². The van der Waals surface area contributed by atoms with Crippen LogP contribution in [-0.4, -0.2) is 42.4 Å². The van der Waals surface area contributed by atoms with Gasteiger partial charge >= 0.3 is 5.97 Å². The zero-order valence-electron chi connectivity index (χ0n) is 13.8. The summed E-state index contributed by atoms with van der Waals surface area (Å²) in [5.41, 5.74) is 2.43. The summed E-state index contributed by atoms with van der Waals surface area (Å²) in [7, 11) is 0. The van der Waals surface area contributed by atoms with Crippen LogP contribution in [0.1, 0.15) is 11.5 Å². The van der Waals surface area contributed by atoms with Gasteiger partial charge in [0.15, 0.2) is 5.82 Å². The second kappa shape index (κ2) is 7.15. The van der Waals surface area contributed by atoms with Gasteiger partial charge in [-0.3, -0.25) is 15.1 Å². The number of benzene rings is 1. The molecule has 10 nitrogen and oxygen atoms in total. The summed E-state index contributed by atoms with van der Waals surface area (Å²) < 4.78 is 5.16. The Morgan fingerprint density at radius 2 is 2.08 bits per heavy atom. The van der Waals surface area contributed by atoms with Gasteiger partial charge < -0.3 is 20.1 Å². The number of aliphatic carboxylic acids is 1. The normalized spacial score (nSPS) is 10.9. The van der Waals surface area contributed by atoms with Gasteiger partial charge in [0.05, 0.1) is 17.1 Å². The van der Waals surface area contributed by atoms with Gasteiger partial charge in [0, 0.05) is 11.1 Å². The molecule has 2 aromatic heterocycles. The fourth-order valence-electron chi connectivity index (χ4n) is 2.46. The van der Waals surface area contributed by atoms with Gasteiger partial charge in [-0.2, -0.15) is 0 Å². The minimum absolute atomic E-state index is 0.00589. The molecule has 0 spiro atoms. The van der Waals surface area contributed by atoms with Crippen LogP contribution in [-0.2, 0) is 4.79 Å². The Hall–Kier alpha value is -2.89. The molecular weight excluding hydrogens is 362 g/mol. The maximum absolute atomic E-state index is 11.4. The molecule has 3 N–H and O–H groups in total. The molecule has 1 aromatic carbocycles. The third-order valence-corrected chi connectivity index (χ3v) is 4.36. The zero-order chi connectivity index (χ0) is 18.8. The monoisotopic (exact) mass is 376 g/mol. The lowest BCUT2D eigenvalue weighted by molar-refractivity contribution is -0.133. The number of H-pyrrole nitrogens is 1. The number of aryl methyl sites for hydroxylation is 2. The van der Waals surface area contributed by atoms with Crippen molar-refractivity contribution in [3.8, 4) is 22.5 Å². The van der Waals surface area contributed by atoms with E-state index in [2.05, 4.69) is 20.3 Å². The Bertz CT molecular complexity index is 932. The van der Waals surface area contributed by atoms with Crippen molar-refractivity contribution in [3.05, 3.63) is 34.9 Å². The molecule has 11 heteroatoms. The summed E-state index contributed by atoms with van der Waals surface area (Å²) in [6.07, 6.45) is 0. The van der Waals surface area contributed by atoms with E-state index in [1.54, 1.807) is 19.9 Å². The van der Waals surface area contributed by atoms with Crippen molar-refractivity contribution in [1.29, 1.82) is 0 Å². The number of carboxylic acid groups (broad SMARTS) is 1. The summed E-state index contributed by atoms with van der Waals surface area (Å²) in [6.45, 7) is 3.51. The largest absolute Gasteiger partial charge is 0.733 e. The van der Waals surface area contributed by atoms with Crippen molar-refractivity contribution in [2.75, 3.05) is 11.0 Å². The van der Waals surface area contributed by atoms with Gasteiger partial charge in [0.2, 0.25) is 5.16 Å². The second-order valence-corrected chi connectivity index (χ2v) is 6.33. The molecule has 2 heterocycles. The van der Waals surface area contributed by atoms with Gasteiger partial charge in [-0.1, -0.05) is 16.9 Å². The van der Waals surface area contributed by atoms with E-state index in [1.807, 2.05) is 0 Å². The van der Waals surface area contributed by atoms with E-state index in [-0.39, 0.29) is 21.8 Å². The van der Waals surface area contributed by atoms with Crippen molar-refractivity contribution in [2.24, 2.45) is 0 Å². The van der Waals surface area contributed by atoms with Crippen LogP contribution in [0, 0.1) is 19.1 Å². The van der Waals surface area contributed by atoms with E-state index in [0.29, 0.717) is 34.0 Å². The first-order chi connectivity index (χ1) is 12.3. The summed E-state index contributed by atoms with van der Waals surface area (Å²) in [4.78, 5) is 14.9. The third kappa shape index (κ3) is 3.69. The first-order valence-corrected chi connectivity index (χ1v) is 8.35. The molecule has 0 aliphatic rings. The molecule has 0 saturated heterocycles. The number of carbonyl (C=O) groups is 1. The number of anilines is 1. The Labute approximate surface area is 151 Å². The Balaban J connectivity index is 2.03. The smallest absolute Gasteiger partial charge is 0.313 e. The molecule has 26 heavy (non-hydrogen) atoms. The summed E-state index contributed by atoms with van der Waals surface area (Å²) in [5, 5.41) is 40.0. The molecule has 3 aromatic rings. The zero-order valence-corrected chi connectivity index (χ0v) is 14.6. The van der Waals surface area contributed by atoms with Crippen LogP contribution < -0.4 is 5.23 Å². The minimum Gasteiger partial charge on any atom is -0.733 e. The molecular formula is C15H14N5O5S-. The Kier molecular flexibility index (Phi) is 4.93. The lowest BCUT2D eigenvalue weighted by atomic mass is 10.0. The Morgan fingerprint density at radius 3 is 2.69 bits per heavy atom. The molecule has 0 aliphatic carbocycles. The molecule has 3 rings (SSSR count). The van der Waals surface area contributed by atoms with Crippen LogP contribution in [0.4, 0.5) is 5.69 Å². The van der Waals surface area contributed by atoms with Crippen LogP contribution in [0.15, 0.2) is 27.9 Å². The van der Waals surface area contributed by atoms with Crippen LogP contribution in [0.2, 0.25) is 0 Å². The molecule has 0 radical (unpaired) electrons. The number of rotatable bonds is 6. The maximum Gasteiger partial charge on any atom is 0.313 e. The summed E-state index contributed by atoms with van der Waals surface area (Å²) in [6, 6.07) is 4.67. The van der Waals surface area contributed by atoms with Gasteiger partial charge in [-0.25, -0.2) is 4.98 Å². The number of hydrogen-bond acceptors (Lipinski definition) is 9. The van der Waals surface area contributed by atoms with E-state index in [1.165, 1.54) is 12.1 Å². The highest BCUT2D eigenvalue weighted by molar-refractivity contribution is 7.99. The van der Waals surface area contributed by atoms with Crippen LogP contribution in [0.3, 0.4) is 0 Å². The molecule has 0 amide bonds. The average Bonchev–Trinajstić information content (AvgIpc) is 3.19. The quantitative estimate of drug-likeness (QED) is 0.432. The predicted octanol–water partition coefficient (Wildman–Crippen LogP) is 2.61. The third-order valence-electron chi connectivity index (χ3n) is 3.52. The fourth-order valence-corrected chi connectivity index (χ4v) is 2.98. The number of thioether (sulfide) groups is 1. The first kappa shape index (κ1) is 17.9. The van der Waals surface area contributed by atoms with Gasteiger partial charge in [-0.05, 0) is 37.6 Å². The van der Waals surface area contributed by atoms with E-state index in [9.17, 15) is 15.2 Å². The second-order valence-electron chi connectivity index (χ2n) is 5.39. The molecule has 0 atom stereocenters. The van der Waals surface area contributed by atoms with Crippen LogP contribution >= 0.6 is 11.8 Å². The average molecular weight is 376 g/mol. The molecule has 0 bridgehead atoms. The molecule has 0 saturated carbocycles. The fraction of sp³-hybridized carbons (Fsp3) is 0.200. The van der Waals surface area contributed by atoms with E-state index in [0.717, 1.165) is 11.8 Å². The number of carboxylic acids is 1. The van der Waals surface area contributed by atoms with Crippen molar-refractivity contribution >= 4 is 23.4 Å². The highest BCUT2D eigenvalue weighted by Gasteiger charge is 2.16. The molecule has 0 unspecified atom stereocenters. The Morgan fingerprint density at radius 1 is 1.35 bits per heavy atom.